The Bertz CT molecular complexity index is 3810. The Morgan fingerprint density at radius 2 is 0.875 bits per heavy atom. The first-order valence-electron chi connectivity index (χ1n) is 21.7. The number of rotatable bonds is 4. The highest BCUT2D eigenvalue weighted by Crippen LogP contribution is 2.61. The Morgan fingerprint density at radius 3 is 1.58 bits per heavy atom. The molecule has 298 valence electrons. The molecule has 1 spiro atoms. The van der Waals surface area contributed by atoms with Crippen LogP contribution in [0.2, 0.25) is 0 Å². The van der Waals surface area contributed by atoms with Gasteiger partial charge in [0.15, 0.2) is 17.5 Å². The van der Waals surface area contributed by atoms with Gasteiger partial charge in [-0.05, 0) is 71.8 Å². The molecule has 1 unspecified atom stereocenters. The van der Waals surface area contributed by atoms with E-state index in [1.165, 1.54) is 38.6 Å². The molecule has 12 aromatic rings. The van der Waals surface area contributed by atoms with Gasteiger partial charge in [-0.1, -0.05) is 152 Å². The fourth-order valence-electron chi connectivity index (χ4n) is 10.8. The van der Waals surface area contributed by atoms with Crippen LogP contribution >= 0.6 is 0 Å². The Kier molecular flexibility index (Phi) is 7.22. The van der Waals surface area contributed by atoms with Crippen molar-refractivity contribution >= 4 is 43.6 Å². The first-order chi connectivity index (χ1) is 31.7. The lowest BCUT2D eigenvalue weighted by molar-refractivity contribution is 0.435. The fraction of sp³-hybridized carbons (Fsp3) is 0.0172. The molecule has 2 aliphatic heterocycles. The highest BCUT2D eigenvalue weighted by Gasteiger charge is 2.50. The summed E-state index contributed by atoms with van der Waals surface area (Å²) in [5.41, 5.74) is 13.7. The smallest absolute Gasteiger partial charge is 0.164 e. The van der Waals surface area contributed by atoms with Gasteiger partial charge in [-0.3, -0.25) is 0 Å². The van der Waals surface area contributed by atoms with Crippen LogP contribution in [0.25, 0.3) is 89.2 Å². The van der Waals surface area contributed by atoms with Crippen molar-refractivity contribution in [2.24, 2.45) is 0 Å². The van der Waals surface area contributed by atoms with Crippen LogP contribution in [0.4, 0.5) is 0 Å². The van der Waals surface area contributed by atoms with Gasteiger partial charge in [0, 0.05) is 55.0 Å². The van der Waals surface area contributed by atoms with Crippen molar-refractivity contribution in [2.45, 2.75) is 5.41 Å². The third kappa shape index (κ3) is 4.76. The summed E-state index contributed by atoms with van der Waals surface area (Å²) in [5.74, 6) is 3.63. The molecule has 0 saturated carbocycles. The zero-order valence-corrected chi connectivity index (χ0v) is 34.4. The maximum Gasteiger partial charge on any atom is 0.164 e. The third-order valence-electron chi connectivity index (χ3n) is 13.4. The molecule has 0 fully saturated rings. The summed E-state index contributed by atoms with van der Waals surface area (Å²) in [5, 5.41) is 4.77. The Hall–Kier alpha value is -8.61. The maximum atomic E-state index is 7.05. The van der Waals surface area contributed by atoms with Crippen molar-refractivity contribution < 1.29 is 4.74 Å². The zero-order chi connectivity index (χ0) is 41.9. The molecular formula is C58H35N5O. The molecule has 9 aromatic carbocycles. The standard InChI is InChI=1S/C58H35N5O/c1-3-16-36(17-4-1)55-59-56(37-18-5-2-6-19-37)61-57(60-55)38-30-32-39(33-31-38)62-48-26-11-8-21-41(48)43-34-53-47(35-51(43)62)58(45-24-10-14-29-52(45)64-53)44-23-9-13-28-50(44)63-49-27-12-7-20-40(49)42-22-15-25-46(58)54(42)63/h1-35H. The molecule has 64 heavy (non-hydrogen) atoms. The molecule has 0 amide bonds. The summed E-state index contributed by atoms with van der Waals surface area (Å²) in [6, 6.07) is 75.4. The highest BCUT2D eigenvalue weighted by atomic mass is 16.5. The maximum absolute atomic E-state index is 7.05. The molecule has 0 N–H and O–H groups in total. The highest BCUT2D eigenvalue weighted by molar-refractivity contribution is 6.13. The summed E-state index contributed by atoms with van der Waals surface area (Å²) in [7, 11) is 0. The van der Waals surface area contributed by atoms with E-state index in [-0.39, 0.29) is 0 Å². The van der Waals surface area contributed by atoms with E-state index in [2.05, 4.69) is 161 Å². The van der Waals surface area contributed by atoms with Gasteiger partial charge in [-0.2, -0.15) is 0 Å². The number of hydrogen-bond donors (Lipinski definition) is 0. The van der Waals surface area contributed by atoms with Crippen LogP contribution in [0, 0.1) is 0 Å². The predicted octanol–water partition coefficient (Wildman–Crippen LogP) is 13.9. The Morgan fingerprint density at radius 1 is 0.344 bits per heavy atom. The van der Waals surface area contributed by atoms with Gasteiger partial charge in [0.1, 0.15) is 11.5 Å². The quantitative estimate of drug-likeness (QED) is 0.177. The molecule has 3 aromatic heterocycles. The number of nitrogens with zero attached hydrogens (tertiary/aromatic N) is 5. The lowest BCUT2D eigenvalue weighted by Gasteiger charge is -2.45. The Labute approximate surface area is 368 Å². The van der Waals surface area contributed by atoms with E-state index in [4.69, 9.17) is 19.7 Å². The van der Waals surface area contributed by atoms with E-state index in [0.29, 0.717) is 17.5 Å². The molecule has 0 radical (unpaired) electrons. The molecule has 0 saturated heterocycles. The topological polar surface area (TPSA) is 57.8 Å². The lowest BCUT2D eigenvalue weighted by Crippen LogP contribution is -2.37. The van der Waals surface area contributed by atoms with Crippen LogP contribution in [0.1, 0.15) is 22.3 Å². The average molecular weight is 818 g/mol. The first-order valence-corrected chi connectivity index (χ1v) is 21.7. The van der Waals surface area contributed by atoms with E-state index in [1.54, 1.807) is 0 Å². The fourth-order valence-corrected chi connectivity index (χ4v) is 10.8. The second-order valence-electron chi connectivity index (χ2n) is 16.7. The number of benzene rings is 9. The molecule has 2 aliphatic rings. The largest absolute Gasteiger partial charge is 0.457 e. The number of aromatic nitrogens is 5. The monoisotopic (exact) mass is 817 g/mol. The molecule has 14 rings (SSSR count). The van der Waals surface area contributed by atoms with E-state index in [0.717, 1.165) is 66.8 Å². The second kappa shape index (κ2) is 13.2. The summed E-state index contributed by atoms with van der Waals surface area (Å²) < 4.78 is 11.9. The van der Waals surface area contributed by atoms with Gasteiger partial charge in [0.2, 0.25) is 0 Å². The van der Waals surface area contributed by atoms with Crippen molar-refractivity contribution in [3.63, 3.8) is 0 Å². The molecular weight excluding hydrogens is 783 g/mol. The molecule has 1 atom stereocenters. The van der Waals surface area contributed by atoms with Gasteiger partial charge < -0.3 is 13.9 Å². The lowest BCUT2D eigenvalue weighted by atomic mass is 9.61. The van der Waals surface area contributed by atoms with Crippen molar-refractivity contribution in [3.8, 4) is 57.0 Å². The van der Waals surface area contributed by atoms with Gasteiger partial charge >= 0.3 is 0 Å². The van der Waals surface area contributed by atoms with Crippen molar-refractivity contribution in [3.05, 3.63) is 235 Å². The van der Waals surface area contributed by atoms with E-state index >= 15 is 0 Å². The van der Waals surface area contributed by atoms with Crippen LogP contribution in [0.15, 0.2) is 212 Å². The number of hydrogen-bond acceptors (Lipinski definition) is 4. The summed E-state index contributed by atoms with van der Waals surface area (Å²) in [4.78, 5) is 15.0. The zero-order valence-electron chi connectivity index (χ0n) is 34.4. The number of fused-ring (bicyclic) bond motifs is 14. The average Bonchev–Trinajstić information content (AvgIpc) is 3.88. The van der Waals surface area contributed by atoms with Gasteiger partial charge in [0.25, 0.3) is 0 Å². The second-order valence-corrected chi connectivity index (χ2v) is 16.7. The van der Waals surface area contributed by atoms with E-state index in [1.807, 2.05) is 60.7 Å². The van der Waals surface area contributed by atoms with Crippen LogP contribution in [-0.4, -0.2) is 24.1 Å². The molecule has 6 heteroatoms. The minimum Gasteiger partial charge on any atom is -0.457 e. The molecule has 0 bridgehead atoms. The molecule has 6 nitrogen and oxygen atoms in total. The number of ether oxygens (including phenoxy) is 1. The van der Waals surface area contributed by atoms with Crippen molar-refractivity contribution in [2.75, 3.05) is 0 Å². The SMILES string of the molecule is c1ccc(-c2nc(-c3ccccc3)nc(-c3ccc(-n4c5ccccc5c5cc6c(cc54)C4(c5ccccc5O6)c5ccccc5-n5c6ccccc6c6cccc4c65)cc3)n2)cc1. The van der Waals surface area contributed by atoms with Gasteiger partial charge in [-0.15, -0.1) is 0 Å². The van der Waals surface area contributed by atoms with E-state index in [9.17, 15) is 0 Å². The summed E-state index contributed by atoms with van der Waals surface area (Å²) >= 11 is 0. The summed E-state index contributed by atoms with van der Waals surface area (Å²) in [6.07, 6.45) is 0. The summed E-state index contributed by atoms with van der Waals surface area (Å²) in [6.45, 7) is 0. The van der Waals surface area contributed by atoms with Crippen LogP contribution in [-0.2, 0) is 5.41 Å². The predicted molar refractivity (Wildman–Crippen MR) is 257 cm³/mol. The molecule has 0 aliphatic carbocycles. The minimum atomic E-state index is -0.685. The Balaban J connectivity index is 1.01. The minimum absolute atomic E-state index is 0.621. The third-order valence-corrected chi connectivity index (χ3v) is 13.4. The van der Waals surface area contributed by atoms with Gasteiger partial charge in [0.05, 0.1) is 33.2 Å². The van der Waals surface area contributed by atoms with Gasteiger partial charge in [-0.25, -0.2) is 15.0 Å². The first kappa shape index (κ1) is 35.0. The van der Waals surface area contributed by atoms with Crippen LogP contribution in [0.3, 0.4) is 0 Å². The molecule has 5 heterocycles. The number of para-hydroxylation sites is 5. The van der Waals surface area contributed by atoms with Crippen LogP contribution < -0.4 is 4.74 Å². The van der Waals surface area contributed by atoms with Crippen LogP contribution in [0.5, 0.6) is 11.5 Å². The van der Waals surface area contributed by atoms with E-state index < -0.39 is 5.41 Å². The van der Waals surface area contributed by atoms with Crippen molar-refractivity contribution in [1.82, 2.24) is 24.1 Å². The normalized spacial score (nSPS) is 14.8. The van der Waals surface area contributed by atoms with Crippen molar-refractivity contribution in [1.29, 1.82) is 0 Å².